The van der Waals surface area contributed by atoms with Crippen molar-refractivity contribution < 1.29 is 9.50 Å². The van der Waals surface area contributed by atoms with Crippen LogP contribution in [0.3, 0.4) is 0 Å². The van der Waals surface area contributed by atoms with Crippen molar-refractivity contribution in [3.05, 3.63) is 59.7 Å². The van der Waals surface area contributed by atoms with Crippen LogP contribution in [0, 0.1) is 12.7 Å². The lowest BCUT2D eigenvalue weighted by molar-refractivity contribution is 0.404. The molecule has 2 aromatic heterocycles. The molecule has 0 amide bonds. The minimum Gasteiger partial charge on any atom is -0.507 e. The van der Waals surface area contributed by atoms with E-state index >= 15 is 0 Å². The smallest absolute Gasteiger partial charge is 0.171 e. The Morgan fingerprint density at radius 3 is 2.81 bits per heavy atom. The second-order valence-electron chi connectivity index (χ2n) is 8.66. The highest BCUT2D eigenvalue weighted by Gasteiger charge is 2.34. The molecule has 0 bridgehead atoms. The van der Waals surface area contributed by atoms with E-state index in [2.05, 4.69) is 33.7 Å². The van der Waals surface area contributed by atoms with E-state index in [1.807, 2.05) is 19.1 Å². The average molecular weight is 450 g/mol. The highest BCUT2D eigenvalue weighted by Crippen LogP contribution is 2.40. The lowest BCUT2D eigenvalue weighted by Gasteiger charge is -2.20. The molecule has 1 aliphatic heterocycles. The highest BCUT2D eigenvalue weighted by molar-refractivity contribution is 7.99. The van der Waals surface area contributed by atoms with E-state index in [9.17, 15) is 9.50 Å². The summed E-state index contributed by atoms with van der Waals surface area (Å²) in [6.07, 6.45) is 0.709. The van der Waals surface area contributed by atoms with Crippen molar-refractivity contribution in [3.8, 4) is 16.9 Å². The summed E-state index contributed by atoms with van der Waals surface area (Å²) in [5.41, 5.74) is 3.91. The van der Waals surface area contributed by atoms with E-state index in [1.165, 1.54) is 12.1 Å². The maximum absolute atomic E-state index is 13.6. The molecule has 0 fully saturated rings. The number of fused-ring (bicyclic) bond motifs is 3. The number of hydrogen-bond donors (Lipinski definition) is 2. The van der Waals surface area contributed by atoms with Crippen LogP contribution >= 0.6 is 11.8 Å². The number of rotatable bonds is 5. The maximum atomic E-state index is 13.6. The van der Waals surface area contributed by atoms with Crippen molar-refractivity contribution in [1.82, 2.24) is 19.5 Å². The summed E-state index contributed by atoms with van der Waals surface area (Å²) in [5, 5.41) is 14.7. The summed E-state index contributed by atoms with van der Waals surface area (Å²) < 4.78 is 15.8. The summed E-state index contributed by atoms with van der Waals surface area (Å²) in [6.45, 7) is 6.93. The summed E-state index contributed by atoms with van der Waals surface area (Å²) in [4.78, 5) is 14.1. The van der Waals surface area contributed by atoms with Gasteiger partial charge in [0.15, 0.2) is 22.1 Å². The summed E-state index contributed by atoms with van der Waals surface area (Å²) in [7, 11) is 0. The van der Waals surface area contributed by atoms with Crippen LogP contribution in [-0.2, 0) is 12.0 Å². The van der Waals surface area contributed by atoms with Gasteiger partial charge in [0, 0.05) is 17.9 Å². The molecule has 0 radical (unpaired) electrons. The number of nitrogens with zero attached hydrogens (tertiary/aromatic N) is 4. The molecule has 1 aliphatic rings. The molecule has 32 heavy (non-hydrogen) atoms. The van der Waals surface area contributed by atoms with Crippen LogP contribution in [0.25, 0.3) is 22.3 Å². The number of thioether (sulfide) groups is 1. The Balaban J connectivity index is 1.38. The van der Waals surface area contributed by atoms with Gasteiger partial charge in [0.25, 0.3) is 0 Å². The Morgan fingerprint density at radius 1 is 1.16 bits per heavy atom. The first-order valence-electron chi connectivity index (χ1n) is 10.5. The van der Waals surface area contributed by atoms with Crippen LogP contribution in [0.2, 0.25) is 0 Å². The van der Waals surface area contributed by atoms with Gasteiger partial charge in [-0.25, -0.2) is 19.3 Å². The number of imidazole rings is 1. The van der Waals surface area contributed by atoms with E-state index in [1.54, 1.807) is 30.0 Å². The molecule has 2 N–H and O–H groups in total. The molecular formula is C24H24FN5OS. The molecule has 6 nitrogen and oxygen atoms in total. The third-order valence-corrected chi connectivity index (χ3v) is 7.03. The fraction of sp³-hybridized carbons (Fsp3) is 0.292. The van der Waals surface area contributed by atoms with Gasteiger partial charge in [-0.15, -0.1) is 0 Å². The zero-order chi connectivity index (χ0) is 22.5. The van der Waals surface area contributed by atoms with E-state index in [0.29, 0.717) is 29.9 Å². The van der Waals surface area contributed by atoms with Crippen molar-refractivity contribution in [2.75, 3.05) is 17.6 Å². The number of anilines is 1. The number of aryl methyl sites for hydroxylation is 1. The Morgan fingerprint density at radius 2 is 2.00 bits per heavy atom. The molecule has 0 saturated heterocycles. The number of nitrogens with one attached hydrogen (secondary N) is 1. The number of benzene rings is 2. The molecule has 0 saturated carbocycles. The predicted molar refractivity (Wildman–Crippen MR) is 126 cm³/mol. The van der Waals surface area contributed by atoms with Crippen molar-refractivity contribution in [3.63, 3.8) is 0 Å². The first-order valence-corrected chi connectivity index (χ1v) is 11.5. The topological polar surface area (TPSA) is 75.9 Å². The van der Waals surface area contributed by atoms with Crippen LogP contribution in [0.1, 0.15) is 25.2 Å². The van der Waals surface area contributed by atoms with Gasteiger partial charge in [-0.2, -0.15) is 0 Å². The van der Waals surface area contributed by atoms with E-state index in [0.717, 1.165) is 33.5 Å². The lowest BCUT2D eigenvalue weighted by Crippen LogP contribution is -2.24. The number of phenolic OH excluding ortho intramolecular Hbond substituents is 1. The zero-order valence-electron chi connectivity index (χ0n) is 18.2. The number of halogens is 1. The van der Waals surface area contributed by atoms with Gasteiger partial charge in [-0.3, -0.25) is 4.57 Å². The summed E-state index contributed by atoms with van der Waals surface area (Å²) >= 11 is 1.74. The molecule has 164 valence electrons. The number of aromatic nitrogens is 4. The molecule has 0 aliphatic carbocycles. The molecule has 3 heterocycles. The van der Waals surface area contributed by atoms with Crippen LogP contribution in [0.5, 0.6) is 5.75 Å². The van der Waals surface area contributed by atoms with E-state index in [-0.39, 0.29) is 17.1 Å². The van der Waals surface area contributed by atoms with Gasteiger partial charge < -0.3 is 10.4 Å². The molecular weight excluding hydrogens is 425 g/mol. The summed E-state index contributed by atoms with van der Waals surface area (Å²) in [5.74, 6) is 2.22. The molecule has 5 rings (SSSR count). The maximum Gasteiger partial charge on any atom is 0.171 e. The zero-order valence-corrected chi connectivity index (χ0v) is 19.0. The summed E-state index contributed by atoms with van der Waals surface area (Å²) in [6, 6.07) is 11.7. The van der Waals surface area contributed by atoms with Gasteiger partial charge in [0.1, 0.15) is 17.4 Å². The Kier molecular flexibility index (Phi) is 5.04. The third-order valence-electron chi connectivity index (χ3n) is 5.65. The average Bonchev–Trinajstić information content (AvgIpc) is 3.26. The van der Waals surface area contributed by atoms with Gasteiger partial charge in [0.05, 0.1) is 5.54 Å². The highest BCUT2D eigenvalue weighted by atomic mass is 32.2. The fourth-order valence-electron chi connectivity index (χ4n) is 4.07. The molecule has 0 unspecified atom stereocenters. The van der Waals surface area contributed by atoms with E-state index < -0.39 is 0 Å². The Bertz CT molecular complexity index is 1330. The molecule has 0 atom stereocenters. The first kappa shape index (κ1) is 20.8. The fourth-order valence-corrected chi connectivity index (χ4v) is 5.30. The normalized spacial score (nSPS) is 14.6. The standard InChI is InChI=1S/C24H24FN5OS/c1-14-27-21(20-22(28-14)30-23(29-20)32-13-24(30,2)3)26-10-9-15-7-8-19(31)18(11-15)16-5-4-6-17(25)12-16/h4-8,11-12,31H,9-10,13H2,1-3H3,(H,26,27,28). The quantitative estimate of drug-likeness (QED) is 0.439. The van der Waals surface area contributed by atoms with Crippen molar-refractivity contribution >= 4 is 28.7 Å². The second kappa shape index (κ2) is 7.78. The lowest BCUT2D eigenvalue weighted by atomic mass is 10.0. The monoisotopic (exact) mass is 449 g/mol. The predicted octanol–water partition coefficient (Wildman–Crippen LogP) is 5.14. The van der Waals surface area contributed by atoms with Crippen LogP contribution in [-0.4, -0.2) is 36.9 Å². The van der Waals surface area contributed by atoms with Gasteiger partial charge in [-0.1, -0.05) is 30.0 Å². The largest absolute Gasteiger partial charge is 0.507 e. The van der Waals surface area contributed by atoms with Crippen LogP contribution in [0.4, 0.5) is 10.2 Å². The minimum atomic E-state index is -0.328. The van der Waals surface area contributed by atoms with Gasteiger partial charge >= 0.3 is 0 Å². The number of hydrogen-bond acceptors (Lipinski definition) is 6. The Labute approximate surface area is 189 Å². The van der Waals surface area contributed by atoms with Crippen molar-refractivity contribution in [2.24, 2.45) is 0 Å². The first-order chi connectivity index (χ1) is 15.3. The SMILES string of the molecule is Cc1nc(NCCc2ccc(O)c(-c3cccc(F)c3)c2)c2nc3n(c2n1)C(C)(C)CS3. The number of aromatic hydroxyl groups is 1. The minimum absolute atomic E-state index is 0.0355. The van der Waals surface area contributed by atoms with Crippen molar-refractivity contribution in [1.29, 1.82) is 0 Å². The van der Waals surface area contributed by atoms with E-state index in [4.69, 9.17) is 4.98 Å². The number of phenols is 1. The van der Waals surface area contributed by atoms with Gasteiger partial charge in [-0.05, 0) is 62.6 Å². The Hall–Kier alpha value is -3.13. The van der Waals surface area contributed by atoms with Crippen LogP contribution < -0.4 is 5.32 Å². The molecule has 4 aromatic rings. The third kappa shape index (κ3) is 3.68. The van der Waals surface area contributed by atoms with Crippen LogP contribution in [0.15, 0.2) is 47.6 Å². The van der Waals surface area contributed by atoms with Crippen molar-refractivity contribution in [2.45, 2.75) is 37.9 Å². The molecule has 8 heteroatoms. The second-order valence-corrected chi connectivity index (χ2v) is 9.60. The molecule has 2 aromatic carbocycles. The van der Waals surface area contributed by atoms with Gasteiger partial charge in [0.2, 0.25) is 0 Å². The molecule has 0 spiro atoms.